The maximum Gasteiger partial charge on any atom is 0.407 e. The van der Waals surface area contributed by atoms with Gasteiger partial charge in [-0.1, -0.05) is 17.7 Å². The van der Waals surface area contributed by atoms with Crippen LogP contribution in [0.15, 0.2) is 47.5 Å². The number of nitrogens with zero attached hydrogens (tertiary/aromatic N) is 4. The van der Waals surface area contributed by atoms with Gasteiger partial charge in [0.15, 0.2) is 0 Å². The Morgan fingerprint density at radius 2 is 2.12 bits per heavy atom. The van der Waals surface area contributed by atoms with Crippen molar-refractivity contribution in [3.8, 4) is 5.69 Å². The minimum atomic E-state index is -1.02. The van der Waals surface area contributed by atoms with Crippen molar-refractivity contribution in [2.24, 2.45) is 0 Å². The van der Waals surface area contributed by atoms with E-state index in [1.165, 1.54) is 9.47 Å². The molecule has 1 atom stereocenters. The van der Waals surface area contributed by atoms with Gasteiger partial charge in [0.2, 0.25) is 0 Å². The standard InChI is InChI=1S/C18H15ClN4O3/c19-12-5-1-6-13-15(12)17(24)23(11-4-2-8-20-10-11)16(21-13)14-7-3-9-22(14)18(25)26/h1-2,4-6,8,10,14H,3,7,9H2,(H,25,26)/t14-/m0/s1. The summed E-state index contributed by atoms with van der Waals surface area (Å²) < 4.78 is 1.42. The number of aromatic nitrogens is 3. The lowest BCUT2D eigenvalue weighted by Gasteiger charge is -2.24. The summed E-state index contributed by atoms with van der Waals surface area (Å²) in [7, 11) is 0. The first-order valence-electron chi connectivity index (χ1n) is 8.19. The van der Waals surface area contributed by atoms with Crippen molar-refractivity contribution in [1.29, 1.82) is 0 Å². The molecule has 4 rings (SSSR count). The molecular formula is C18H15ClN4O3. The number of amides is 1. The number of carboxylic acid groups (broad SMARTS) is 1. The van der Waals surface area contributed by atoms with Crippen LogP contribution in [-0.2, 0) is 0 Å². The number of benzene rings is 1. The van der Waals surface area contributed by atoms with Crippen LogP contribution in [0.25, 0.3) is 16.6 Å². The predicted octanol–water partition coefficient (Wildman–Crippen LogP) is 3.25. The van der Waals surface area contributed by atoms with E-state index in [1.54, 1.807) is 42.7 Å². The quantitative estimate of drug-likeness (QED) is 0.748. The highest BCUT2D eigenvalue weighted by Crippen LogP contribution is 2.32. The summed E-state index contributed by atoms with van der Waals surface area (Å²) in [5.74, 6) is 0.387. The first-order valence-corrected chi connectivity index (χ1v) is 8.57. The third-order valence-corrected chi connectivity index (χ3v) is 4.89. The topological polar surface area (TPSA) is 88.3 Å². The van der Waals surface area contributed by atoms with Crippen LogP contribution in [0.3, 0.4) is 0 Å². The van der Waals surface area contributed by atoms with E-state index in [4.69, 9.17) is 11.6 Å². The normalized spacial score (nSPS) is 17.0. The summed E-state index contributed by atoms with van der Waals surface area (Å²) in [6.07, 6.45) is 3.45. The smallest absolute Gasteiger partial charge is 0.407 e. The molecule has 8 heteroatoms. The number of hydrogen-bond acceptors (Lipinski definition) is 4. The summed E-state index contributed by atoms with van der Waals surface area (Å²) in [6.45, 7) is 0.413. The largest absolute Gasteiger partial charge is 0.465 e. The van der Waals surface area contributed by atoms with Gasteiger partial charge in [0.1, 0.15) is 5.82 Å². The van der Waals surface area contributed by atoms with Crippen LogP contribution in [0, 0.1) is 0 Å². The zero-order valence-corrected chi connectivity index (χ0v) is 14.4. The molecule has 7 nitrogen and oxygen atoms in total. The molecule has 132 valence electrons. The summed E-state index contributed by atoms with van der Waals surface area (Å²) in [6, 6.07) is 8.02. The van der Waals surface area contributed by atoms with Gasteiger partial charge < -0.3 is 5.11 Å². The monoisotopic (exact) mass is 370 g/mol. The molecule has 1 aromatic carbocycles. The van der Waals surface area contributed by atoms with Crippen LogP contribution in [-0.4, -0.2) is 37.2 Å². The molecule has 0 spiro atoms. The Morgan fingerprint density at radius 3 is 2.85 bits per heavy atom. The lowest BCUT2D eigenvalue weighted by atomic mass is 10.1. The van der Waals surface area contributed by atoms with Crippen molar-refractivity contribution < 1.29 is 9.90 Å². The number of pyridine rings is 1. The van der Waals surface area contributed by atoms with Crippen molar-refractivity contribution in [1.82, 2.24) is 19.4 Å². The molecule has 0 radical (unpaired) electrons. The second-order valence-corrected chi connectivity index (χ2v) is 6.50. The Hall–Kier alpha value is -2.93. The maximum atomic E-state index is 13.2. The molecular weight excluding hydrogens is 356 g/mol. The molecule has 1 aliphatic rings. The highest BCUT2D eigenvalue weighted by Gasteiger charge is 2.34. The van der Waals surface area contributed by atoms with Crippen LogP contribution in [0.5, 0.6) is 0 Å². The van der Waals surface area contributed by atoms with Crippen LogP contribution in [0.2, 0.25) is 5.02 Å². The van der Waals surface area contributed by atoms with Gasteiger partial charge in [0.25, 0.3) is 5.56 Å². The Kier molecular flexibility index (Phi) is 4.08. The van der Waals surface area contributed by atoms with Gasteiger partial charge in [-0.25, -0.2) is 9.78 Å². The van der Waals surface area contributed by atoms with E-state index in [2.05, 4.69) is 9.97 Å². The summed E-state index contributed by atoms with van der Waals surface area (Å²) in [4.78, 5) is 34.9. The minimum absolute atomic E-state index is 0.307. The van der Waals surface area contributed by atoms with Crippen molar-refractivity contribution in [2.75, 3.05) is 6.54 Å². The molecule has 1 amide bonds. The fourth-order valence-electron chi connectivity index (χ4n) is 3.43. The Bertz CT molecular complexity index is 1050. The second kappa shape index (κ2) is 6.42. The Balaban J connectivity index is 2.05. The van der Waals surface area contributed by atoms with Gasteiger partial charge in [-0.2, -0.15) is 0 Å². The summed E-state index contributed by atoms with van der Waals surface area (Å²) >= 11 is 6.24. The van der Waals surface area contributed by atoms with Crippen molar-refractivity contribution >= 4 is 28.6 Å². The number of likely N-dealkylation sites (tertiary alicyclic amines) is 1. The number of halogens is 1. The molecule has 3 aromatic rings. The maximum absolute atomic E-state index is 13.2. The fourth-order valence-corrected chi connectivity index (χ4v) is 3.68. The molecule has 1 saturated heterocycles. The summed E-state index contributed by atoms with van der Waals surface area (Å²) in [5, 5.41) is 10.1. The van der Waals surface area contributed by atoms with E-state index in [9.17, 15) is 14.7 Å². The van der Waals surface area contributed by atoms with E-state index in [0.29, 0.717) is 46.8 Å². The lowest BCUT2D eigenvalue weighted by Crippen LogP contribution is -2.34. The summed E-state index contributed by atoms with van der Waals surface area (Å²) in [5.41, 5.74) is 0.648. The minimum Gasteiger partial charge on any atom is -0.465 e. The average molecular weight is 371 g/mol. The lowest BCUT2D eigenvalue weighted by molar-refractivity contribution is 0.138. The van der Waals surface area contributed by atoms with Crippen molar-refractivity contribution in [3.05, 3.63) is 63.9 Å². The predicted molar refractivity (Wildman–Crippen MR) is 96.9 cm³/mol. The Morgan fingerprint density at radius 1 is 1.27 bits per heavy atom. The molecule has 0 bridgehead atoms. The van der Waals surface area contributed by atoms with Gasteiger partial charge >= 0.3 is 6.09 Å². The van der Waals surface area contributed by atoms with Crippen LogP contribution < -0.4 is 5.56 Å². The number of rotatable bonds is 2. The van der Waals surface area contributed by atoms with E-state index in [1.807, 2.05) is 0 Å². The first kappa shape index (κ1) is 16.5. The molecule has 0 saturated carbocycles. The average Bonchev–Trinajstić information content (AvgIpc) is 3.12. The first-order chi connectivity index (χ1) is 12.6. The van der Waals surface area contributed by atoms with E-state index >= 15 is 0 Å². The van der Waals surface area contributed by atoms with Crippen molar-refractivity contribution in [2.45, 2.75) is 18.9 Å². The molecule has 26 heavy (non-hydrogen) atoms. The third-order valence-electron chi connectivity index (χ3n) is 4.57. The second-order valence-electron chi connectivity index (χ2n) is 6.09. The van der Waals surface area contributed by atoms with Crippen molar-refractivity contribution in [3.63, 3.8) is 0 Å². The SMILES string of the molecule is O=C(O)N1CCC[C@H]1c1nc2cccc(Cl)c2c(=O)n1-c1cccnc1. The highest BCUT2D eigenvalue weighted by atomic mass is 35.5. The van der Waals surface area contributed by atoms with Gasteiger partial charge in [0, 0.05) is 12.7 Å². The van der Waals surface area contributed by atoms with Gasteiger partial charge in [0.05, 0.1) is 33.9 Å². The van der Waals surface area contributed by atoms with Gasteiger partial charge in [-0.3, -0.25) is 19.2 Å². The van der Waals surface area contributed by atoms with E-state index in [0.717, 1.165) is 0 Å². The van der Waals surface area contributed by atoms with Crippen LogP contribution in [0.4, 0.5) is 4.79 Å². The van der Waals surface area contributed by atoms with E-state index in [-0.39, 0.29) is 5.56 Å². The molecule has 1 fully saturated rings. The number of carbonyl (C=O) groups is 1. The number of hydrogen-bond donors (Lipinski definition) is 1. The van der Waals surface area contributed by atoms with Gasteiger partial charge in [-0.05, 0) is 37.1 Å². The van der Waals surface area contributed by atoms with E-state index < -0.39 is 12.1 Å². The third kappa shape index (κ3) is 2.61. The van der Waals surface area contributed by atoms with Gasteiger partial charge in [-0.15, -0.1) is 0 Å². The molecule has 1 N–H and O–H groups in total. The molecule has 0 unspecified atom stereocenters. The fraction of sp³-hybridized carbons (Fsp3) is 0.222. The molecule has 3 heterocycles. The Labute approximate surface area is 153 Å². The zero-order chi connectivity index (χ0) is 18.3. The molecule has 1 aliphatic heterocycles. The molecule has 0 aliphatic carbocycles. The van der Waals surface area contributed by atoms with Crippen LogP contribution >= 0.6 is 11.6 Å². The molecule has 2 aromatic heterocycles. The number of fused-ring (bicyclic) bond motifs is 1. The highest BCUT2D eigenvalue weighted by molar-refractivity contribution is 6.35. The zero-order valence-electron chi connectivity index (χ0n) is 13.7. The van der Waals surface area contributed by atoms with Crippen LogP contribution in [0.1, 0.15) is 24.7 Å².